The van der Waals surface area contributed by atoms with Crippen molar-refractivity contribution in [2.45, 2.75) is 13.8 Å². The van der Waals surface area contributed by atoms with E-state index in [1.54, 1.807) is 12.1 Å². The number of aromatic amines is 1. The minimum absolute atomic E-state index is 0.338. The van der Waals surface area contributed by atoms with Crippen LogP contribution >= 0.6 is 11.6 Å². The van der Waals surface area contributed by atoms with Crippen molar-refractivity contribution < 1.29 is 4.79 Å². The van der Waals surface area contributed by atoms with Crippen LogP contribution in [0.2, 0.25) is 5.02 Å². The van der Waals surface area contributed by atoms with Gasteiger partial charge in [0.05, 0.1) is 11.9 Å². The molecule has 0 saturated heterocycles. The first-order chi connectivity index (χ1) is 12.0. The highest BCUT2D eigenvalue weighted by Crippen LogP contribution is 2.20. The number of nitrogens with one attached hydrogen (secondary N) is 2. The number of halogens is 1. The summed E-state index contributed by atoms with van der Waals surface area (Å²) in [6.07, 6.45) is 1.50. The minimum atomic E-state index is -0.370. The Labute approximate surface area is 150 Å². The maximum absolute atomic E-state index is 12.2. The van der Waals surface area contributed by atoms with Crippen molar-refractivity contribution in [3.63, 3.8) is 0 Å². The Balaban J connectivity index is 1.70. The molecule has 2 aromatic carbocycles. The summed E-state index contributed by atoms with van der Waals surface area (Å²) in [5.41, 5.74) is 7.58. The van der Waals surface area contributed by atoms with Gasteiger partial charge in [0.15, 0.2) is 0 Å². The second-order valence-corrected chi connectivity index (χ2v) is 6.09. The van der Waals surface area contributed by atoms with Gasteiger partial charge in [0.2, 0.25) is 0 Å². The fourth-order valence-electron chi connectivity index (χ4n) is 2.29. The molecule has 1 aromatic heterocycles. The normalized spacial score (nSPS) is 11.0. The van der Waals surface area contributed by atoms with E-state index in [-0.39, 0.29) is 5.91 Å². The van der Waals surface area contributed by atoms with E-state index < -0.39 is 0 Å². The number of aromatic nitrogens is 2. The van der Waals surface area contributed by atoms with Gasteiger partial charge < -0.3 is 0 Å². The molecule has 0 aliphatic heterocycles. The van der Waals surface area contributed by atoms with Gasteiger partial charge in [-0.15, -0.1) is 0 Å². The number of H-pyrrole nitrogens is 1. The molecular formula is C19H17ClN4O. The van der Waals surface area contributed by atoms with Gasteiger partial charge in [-0.1, -0.05) is 41.9 Å². The monoisotopic (exact) mass is 352 g/mol. The number of amides is 1. The van der Waals surface area contributed by atoms with Gasteiger partial charge >= 0.3 is 0 Å². The van der Waals surface area contributed by atoms with E-state index in [0.29, 0.717) is 16.4 Å². The average molecular weight is 353 g/mol. The van der Waals surface area contributed by atoms with Gasteiger partial charge in [-0.2, -0.15) is 10.2 Å². The summed E-state index contributed by atoms with van der Waals surface area (Å²) in [4.78, 5) is 12.2. The molecule has 0 fully saturated rings. The summed E-state index contributed by atoms with van der Waals surface area (Å²) in [6.45, 7) is 4.10. The summed E-state index contributed by atoms with van der Waals surface area (Å²) in [5.74, 6) is -0.370. The van der Waals surface area contributed by atoms with Crippen molar-refractivity contribution in [3.05, 3.63) is 75.9 Å². The molecule has 5 nitrogen and oxygen atoms in total. The molecule has 1 amide bonds. The molecule has 0 spiro atoms. The number of aryl methyl sites for hydroxylation is 2. The number of carbonyl (C=O) groups is 1. The van der Waals surface area contributed by atoms with Crippen molar-refractivity contribution in [2.75, 3.05) is 0 Å². The number of nitrogens with zero attached hydrogens (tertiary/aromatic N) is 2. The SMILES string of the molecule is Cc1ccc(-c2cc(C(=O)N/N=C/c3ccccc3Cl)[nH]n2)cc1C. The molecule has 0 atom stereocenters. The molecule has 0 bridgehead atoms. The fraction of sp³-hybridized carbons (Fsp3) is 0.105. The zero-order valence-corrected chi connectivity index (χ0v) is 14.6. The standard InChI is InChI=1S/C19H17ClN4O/c1-12-7-8-14(9-13(12)2)17-10-18(23-22-17)19(25)24-21-11-15-5-3-4-6-16(15)20/h3-11H,1-2H3,(H,22,23)(H,24,25)/b21-11+. The molecule has 1 heterocycles. The maximum Gasteiger partial charge on any atom is 0.289 e. The molecule has 25 heavy (non-hydrogen) atoms. The second kappa shape index (κ2) is 7.32. The Morgan fingerprint density at radius 2 is 1.96 bits per heavy atom. The fourth-order valence-corrected chi connectivity index (χ4v) is 2.47. The first-order valence-corrected chi connectivity index (χ1v) is 8.13. The third-order valence-corrected chi connectivity index (χ3v) is 4.24. The number of hydrogen-bond acceptors (Lipinski definition) is 3. The summed E-state index contributed by atoms with van der Waals surface area (Å²) >= 11 is 6.03. The molecular weight excluding hydrogens is 336 g/mol. The molecule has 0 radical (unpaired) electrons. The van der Waals surface area contributed by atoms with E-state index in [2.05, 4.69) is 27.6 Å². The van der Waals surface area contributed by atoms with E-state index in [1.807, 2.05) is 43.3 Å². The summed E-state index contributed by atoms with van der Waals surface area (Å²) < 4.78 is 0. The van der Waals surface area contributed by atoms with Crippen LogP contribution in [0.1, 0.15) is 27.2 Å². The van der Waals surface area contributed by atoms with Crippen LogP contribution in [-0.4, -0.2) is 22.3 Å². The van der Waals surface area contributed by atoms with Crippen LogP contribution in [-0.2, 0) is 0 Å². The number of carbonyl (C=O) groups excluding carboxylic acids is 1. The lowest BCUT2D eigenvalue weighted by Crippen LogP contribution is -2.18. The van der Waals surface area contributed by atoms with Crippen LogP contribution in [0.15, 0.2) is 53.6 Å². The van der Waals surface area contributed by atoms with Crippen LogP contribution in [0, 0.1) is 13.8 Å². The Hall–Kier alpha value is -2.92. The van der Waals surface area contributed by atoms with Crippen LogP contribution < -0.4 is 5.43 Å². The molecule has 0 aliphatic rings. The van der Waals surface area contributed by atoms with E-state index in [1.165, 1.54) is 17.3 Å². The van der Waals surface area contributed by atoms with Crippen LogP contribution in [0.25, 0.3) is 11.3 Å². The van der Waals surface area contributed by atoms with Crippen LogP contribution in [0.3, 0.4) is 0 Å². The van der Waals surface area contributed by atoms with E-state index in [4.69, 9.17) is 11.6 Å². The van der Waals surface area contributed by atoms with Crippen molar-refractivity contribution in [1.29, 1.82) is 0 Å². The Morgan fingerprint density at radius 3 is 2.72 bits per heavy atom. The number of benzene rings is 2. The summed E-state index contributed by atoms with van der Waals surface area (Å²) in [6, 6.07) is 15.0. The van der Waals surface area contributed by atoms with Crippen LogP contribution in [0.5, 0.6) is 0 Å². The zero-order valence-electron chi connectivity index (χ0n) is 13.9. The lowest BCUT2D eigenvalue weighted by atomic mass is 10.0. The number of rotatable bonds is 4. The third kappa shape index (κ3) is 3.95. The van der Waals surface area contributed by atoms with Gasteiger partial charge in [-0.25, -0.2) is 5.43 Å². The molecule has 6 heteroatoms. The highest BCUT2D eigenvalue weighted by molar-refractivity contribution is 6.33. The lowest BCUT2D eigenvalue weighted by molar-refractivity contribution is 0.0950. The predicted octanol–water partition coefficient (Wildman–Crippen LogP) is 4.11. The highest BCUT2D eigenvalue weighted by Gasteiger charge is 2.11. The largest absolute Gasteiger partial charge is 0.289 e. The Bertz CT molecular complexity index is 946. The zero-order chi connectivity index (χ0) is 17.8. The molecule has 126 valence electrons. The quantitative estimate of drug-likeness (QED) is 0.548. The molecule has 2 N–H and O–H groups in total. The van der Waals surface area contributed by atoms with Crippen molar-refractivity contribution in [1.82, 2.24) is 15.6 Å². The van der Waals surface area contributed by atoms with Gasteiger partial charge in [-0.3, -0.25) is 9.89 Å². The molecule has 0 unspecified atom stereocenters. The first kappa shape index (κ1) is 16.9. The van der Waals surface area contributed by atoms with E-state index >= 15 is 0 Å². The third-order valence-electron chi connectivity index (χ3n) is 3.90. The topological polar surface area (TPSA) is 70.1 Å². The average Bonchev–Trinajstić information content (AvgIpc) is 3.09. The Morgan fingerprint density at radius 1 is 1.16 bits per heavy atom. The van der Waals surface area contributed by atoms with Crippen molar-refractivity contribution in [3.8, 4) is 11.3 Å². The van der Waals surface area contributed by atoms with Gasteiger partial charge in [0.1, 0.15) is 5.69 Å². The highest BCUT2D eigenvalue weighted by atomic mass is 35.5. The molecule has 0 saturated carbocycles. The van der Waals surface area contributed by atoms with Crippen molar-refractivity contribution in [2.24, 2.45) is 5.10 Å². The lowest BCUT2D eigenvalue weighted by Gasteiger charge is -2.01. The second-order valence-electron chi connectivity index (χ2n) is 5.69. The van der Waals surface area contributed by atoms with E-state index in [0.717, 1.165) is 11.1 Å². The summed E-state index contributed by atoms with van der Waals surface area (Å²) in [5, 5.41) is 11.4. The number of hydrogen-bond donors (Lipinski definition) is 2. The van der Waals surface area contributed by atoms with Gasteiger partial charge in [-0.05, 0) is 43.2 Å². The molecule has 0 aliphatic carbocycles. The molecule has 3 rings (SSSR count). The van der Waals surface area contributed by atoms with Gasteiger partial charge in [0, 0.05) is 16.1 Å². The molecule has 3 aromatic rings. The van der Waals surface area contributed by atoms with Crippen molar-refractivity contribution >= 4 is 23.7 Å². The van der Waals surface area contributed by atoms with E-state index in [9.17, 15) is 4.79 Å². The predicted molar refractivity (Wildman–Crippen MR) is 100 cm³/mol. The number of hydrazone groups is 1. The van der Waals surface area contributed by atoms with Gasteiger partial charge in [0.25, 0.3) is 5.91 Å². The Kier molecular flexibility index (Phi) is 4.95. The first-order valence-electron chi connectivity index (χ1n) is 7.75. The minimum Gasteiger partial charge on any atom is -0.272 e. The maximum atomic E-state index is 12.2. The summed E-state index contributed by atoms with van der Waals surface area (Å²) in [7, 11) is 0. The smallest absolute Gasteiger partial charge is 0.272 e. The van der Waals surface area contributed by atoms with Crippen LogP contribution in [0.4, 0.5) is 0 Å².